The van der Waals surface area contributed by atoms with Crippen molar-refractivity contribution in [3.05, 3.63) is 38.3 Å². The summed E-state index contributed by atoms with van der Waals surface area (Å²) in [5.74, 6) is 0. The van der Waals surface area contributed by atoms with Crippen LogP contribution >= 0.6 is 31.9 Å². The van der Waals surface area contributed by atoms with Crippen LogP contribution < -0.4 is 0 Å². The summed E-state index contributed by atoms with van der Waals surface area (Å²) >= 11 is 6.68. The van der Waals surface area contributed by atoms with Crippen LogP contribution in [0.5, 0.6) is 0 Å². The van der Waals surface area contributed by atoms with Crippen molar-refractivity contribution in [3.8, 4) is 12.1 Å². The highest BCUT2D eigenvalue weighted by atomic mass is 79.9. The van der Waals surface area contributed by atoms with Crippen molar-refractivity contribution < 1.29 is 0 Å². The summed E-state index contributed by atoms with van der Waals surface area (Å²) in [4.78, 5) is 0. The molecule has 4 heteroatoms. The minimum absolute atomic E-state index is 0.0811. The van der Waals surface area contributed by atoms with Crippen LogP contribution in [-0.4, -0.2) is 0 Å². The molecule has 0 aliphatic carbocycles. The average Bonchev–Trinajstić information content (AvgIpc) is 2.18. The third-order valence-corrected chi connectivity index (χ3v) is 2.91. The zero-order chi connectivity index (χ0) is 10.6. The summed E-state index contributed by atoms with van der Waals surface area (Å²) < 4.78 is 1.68. The molecule has 1 aromatic rings. The smallest absolute Gasteiger partial charge is 0.130 e. The molecule has 0 bridgehead atoms. The van der Waals surface area contributed by atoms with Crippen LogP contribution in [0.3, 0.4) is 0 Å². The van der Waals surface area contributed by atoms with Gasteiger partial charge in [0.05, 0.1) is 0 Å². The van der Waals surface area contributed by atoms with Crippen molar-refractivity contribution in [1.29, 1.82) is 10.5 Å². The second-order valence-corrected chi connectivity index (χ2v) is 4.13. The van der Waals surface area contributed by atoms with Gasteiger partial charge >= 0.3 is 0 Å². The molecule has 1 aromatic carbocycles. The Bertz CT molecular complexity index is 428. The molecule has 0 aliphatic rings. The van der Waals surface area contributed by atoms with Gasteiger partial charge in [0.15, 0.2) is 0 Å². The van der Waals surface area contributed by atoms with Crippen molar-refractivity contribution >= 4 is 37.9 Å². The molecule has 0 heterocycles. The van der Waals surface area contributed by atoms with Gasteiger partial charge in [-0.2, -0.15) is 10.5 Å². The maximum atomic E-state index is 8.60. The molecule has 0 amide bonds. The normalized spacial score (nSPS) is 8.57. The molecular formula is C10H4Br2N2. The zero-order valence-electron chi connectivity index (χ0n) is 6.96. The molecule has 0 saturated carbocycles. The largest absolute Gasteiger partial charge is 0.192 e. The monoisotopic (exact) mass is 310 g/mol. The van der Waals surface area contributed by atoms with Gasteiger partial charge in [0.1, 0.15) is 17.7 Å². The Morgan fingerprint density at radius 2 is 1.64 bits per heavy atom. The average molecular weight is 312 g/mol. The Morgan fingerprint density at radius 3 is 2.07 bits per heavy atom. The molecule has 0 spiro atoms. The van der Waals surface area contributed by atoms with E-state index in [0.717, 1.165) is 14.5 Å². The molecule has 0 radical (unpaired) electrons. The van der Waals surface area contributed by atoms with E-state index in [2.05, 4.69) is 31.9 Å². The first-order chi connectivity index (χ1) is 6.69. The molecule has 14 heavy (non-hydrogen) atoms. The molecule has 2 nitrogen and oxygen atoms in total. The van der Waals surface area contributed by atoms with Crippen LogP contribution in [0, 0.1) is 22.7 Å². The van der Waals surface area contributed by atoms with E-state index in [0.29, 0.717) is 0 Å². The van der Waals surface area contributed by atoms with Gasteiger partial charge in [-0.15, -0.1) is 0 Å². The number of hydrogen-bond donors (Lipinski definition) is 0. The highest BCUT2D eigenvalue weighted by molar-refractivity contribution is 9.11. The summed E-state index contributed by atoms with van der Waals surface area (Å²) in [6.07, 6.45) is 1.54. The lowest BCUT2D eigenvalue weighted by Gasteiger charge is -2.00. The van der Waals surface area contributed by atoms with Gasteiger partial charge in [-0.3, -0.25) is 0 Å². The molecule has 0 saturated heterocycles. The predicted molar refractivity (Wildman–Crippen MR) is 61.0 cm³/mol. The first-order valence-corrected chi connectivity index (χ1v) is 5.23. The van der Waals surface area contributed by atoms with E-state index in [4.69, 9.17) is 10.5 Å². The van der Waals surface area contributed by atoms with Gasteiger partial charge in [0, 0.05) is 14.5 Å². The van der Waals surface area contributed by atoms with E-state index >= 15 is 0 Å². The lowest BCUT2D eigenvalue weighted by atomic mass is 10.1. The Kier molecular flexibility index (Phi) is 3.88. The number of allylic oxidation sites excluding steroid dienone is 1. The number of nitriles is 2. The SMILES string of the molecule is N#CC(C#N)=Cc1c(Br)cccc1Br. The van der Waals surface area contributed by atoms with E-state index in [-0.39, 0.29) is 5.57 Å². The van der Waals surface area contributed by atoms with Crippen LogP contribution in [0.4, 0.5) is 0 Å². The lowest BCUT2D eigenvalue weighted by molar-refractivity contribution is 1.46. The second-order valence-electron chi connectivity index (χ2n) is 2.42. The second kappa shape index (κ2) is 4.95. The van der Waals surface area contributed by atoms with Crippen LogP contribution in [0.2, 0.25) is 0 Å². The maximum Gasteiger partial charge on any atom is 0.130 e. The van der Waals surface area contributed by atoms with Crippen molar-refractivity contribution in [2.75, 3.05) is 0 Å². The van der Waals surface area contributed by atoms with Gasteiger partial charge < -0.3 is 0 Å². The van der Waals surface area contributed by atoms with Crippen molar-refractivity contribution in [2.45, 2.75) is 0 Å². The van der Waals surface area contributed by atoms with Gasteiger partial charge in [0.25, 0.3) is 0 Å². The van der Waals surface area contributed by atoms with Crippen LogP contribution in [0.15, 0.2) is 32.7 Å². The lowest BCUT2D eigenvalue weighted by Crippen LogP contribution is -1.80. The Morgan fingerprint density at radius 1 is 1.14 bits per heavy atom. The predicted octanol–water partition coefficient (Wildman–Crippen LogP) is 3.64. The molecule has 0 N–H and O–H groups in total. The number of nitrogens with zero attached hydrogens (tertiary/aromatic N) is 2. The van der Waals surface area contributed by atoms with E-state index in [1.54, 1.807) is 0 Å². The van der Waals surface area contributed by atoms with Crippen LogP contribution in [0.25, 0.3) is 6.08 Å². The zero-order valence-corrected chi connectivity index (χ0v) is 10.1. The van der Waals surface area contributed by atoms with Crippen LogP contribution in [-0.2, 0) is 0 Å². The Hall–Kier alpha value is -1.10. The summed E-state index contributed by atoms with van der Waals surface area (Å²) in [7, 11) is 0. The maximum absolute atomic E-state index is 8.60. The number of rotatable bonds is 1. The Labute approximate surface area is 98.7 Å². The summed E-state index contributed by atoms with van der Waals surface area (Å²) in [6, 6.07) is 9.19. The third kappa shape index (κ3) is 2.45. The minimum Gasteiger partial charge on any atom is -0.192 e. The molecular weight excluding hydrogens is 308 g/mol. The standard InChI is InChI=1S/C10H4Br2N2/c11-9-2-1-3-10(12)8(9)4-7(5-13)6-14/h1-4H. The molecule has 0 unspecified atom stereocenters. The quantitative estimate of drug-likeness (QED) is 0.743. The Balaban J connectivity index is 3.30. The van der Waals surface area contributed by atoms with Gasteiger partial charge in [-0.25, -0.2) is 0 Å². The highest BCUT2D eigenvalue weighted by Gasteiger charge is 2.02. The van der Waals surface area contributed by atoms with Crippen molar-refractivity contribution in [3.63, 3.8) is 0 Å². The van der Waals surface area contributed by atoms with Crippen molar-refractivity contribution in [1.82, 2.24) is 0 Å². The van der Waals surface area contributed by atoms with Crippen LogP contribution in [0.1, 0.15) is 5.56 Å². The fourth-order valence-corrected chi connectivity index (χ4v) is 2.11. The van der Waals surface area contributed by atoms with Gasteiger partial charge in [-0.1, -0.05) is 37.9 Å². The fraction of sp³-hybridized carbons (Fsp3) is 0. The molecule has 0 fully saturated rings. The topological polar surface area (TPSA) is 47.6 Å². The molecule has 68 valence electrons. The van der Waals surface area contributed by atoms with E-state index < -0.39 is 0 Å². The minimum atomic E-state index is 0.0811. The molecule has 0 atom stereocenters. The van der Waals surface area contributed by atoms with E-state index in [1.165, 1.54) is 6.08 Å². The number of halogens is 2. The van der Waals surface area contributed by atoms with E-state index in [9.17, 15) is 0 Å². The molecule has 0 aromatic heterocycles. The van der Waals surface area contributed by atoms with Crippen molar-refractivity contribution in [2.24, 2.45) is 0 Å². The van der Waals surface area contributed by atoms with Gasteiger partial charge in [-0.05, 0) is 18.2 Å². The number of hydrogen-bond acceptors (Lipinski definition) is 2. The summed E-state index contributed by atoms with van der Waals surface area (Å²) in [5.41, 5.74) is 0.878. The third-order valence-electron chi connectivity index (χ3n) is 1.53. The fourth-order valence-electron chi connectivity index (χ4n) is 0.882. The highest BCUT2D eigenvalue weighted by Crippen LogP contribution is 2.27. The first-order valence-electron chi connectivity index (χ1n) is 3.65. The first kappa shape index (κ1) is 11.0. The summed E-state index contributed by atoms with van der Waals surface area (Å²) in [5, 5.41) is 17.2. The van der Waals surface area contributed by atoms with E-state index in [1.807, 2.05) is 30.3 Å². The molecule has 0 aliphatic heterocycles. The molecule has 1 rings (SSSR count). The number of benzene rings is 1. The van der Waals surface area contributed by atoms with Gasteiger partial charge in [0.2, 0.25) is 0 Å². The summed E-state index contributed by atoms with van der Waals surface area (Å²) in [6.45, 7) is 0.